The van der Waals surface area contributed by atoms with Crippen LogP contribution in [0.4, 0.5) is 5.69 Å². The quantitative estimate of drug-likeness (QED) is 0.258. The number of benzene rings is 3. The molecule has 1 aliphatic carbocycles. The van der Waals surface area contributed by atoms with Crippen LogP contribution in [0.2, 0.25) is 10.0 Å². The lowest BCUT2D eigenvalue weighted by Gasteiger charge is -2.33. The van der Waals surface area contributed by atoms with Crippen molar-refractivity contribution in [2.45, 2.75) is 83.3 Å². The molecule has 0 radical (unpaired) electrons. The van der Waals surface area contributed by atoms with E-state index in [9.17, 15) is 18.0 Å². The van der Waals surface area contributed by atoms with Crippen LogP contribution in [0.3, 0.4) is 0 Å². The van der Waals surface area contributed by atoms with Crippen molar-refractivity contribution in [2.75, 3.05) is 10.8 Å². The number of hydrogen-bond acceptors (Lipinski definition) is 4. The predicted molar refractivity (Wildman–Crippen MR) is 173 cm³/mol. The van der Waals surface area contributed by atoms with E-state index in [1.54, 1.807) is 49.4 Å². The summed E-state index contributed by atoms with van der Waals surface area (Å²) in [6.07, 6.45) is 5.04. The van der Waals surface area contributed by atoms with Crippen molar-refractivity contribution < 1.29 is 18.0 Å². The van der Waals surface area contributed by atoms with E-state index in [1.807, 2.05) is 26.8 Å². The van der Waals surface area contributed by atoms with Gasteiger partial charge in [0.15, 0.2) is 0 Å². The standard InChI is InChI=1S/C33H39Cl2N3O4S/c1-22-10-15-29(16-11-22)43(41,42)38(28-14-12-23(2)24(3)18-28)21-32(39)37(20-26-13-17-30(34)31(35)19-26)25(4)33(40)36-27-8-6-5-7-9-27/h10-19,25,27H,5-9,20-21H2,1-4H3,(H,36,40)/t25-/m1/s1. The lowest BCUT2D eigenvalue weighted by atomic mass is 9.95. The van der Waals surface area contributed by atoms with E-state index in [0.717, 1.165) is 53.1 Å². The van der Waals surface area contributed by atoms with Gasteiger partial charge in [0.1, 0.15) is 12.6 Å². The van der Waals surface area contributed by atoms with Gasteiger partial charge in [0.25, 0.3) is 10.0 Å². The first kappa shape index (κ1) is 32.8. The molecule has 3 aromatic rings. The molecular weight excluding hydrogens is 605 g/mol. The van der Waals surface area contributed by atoms with Crippen LogP contribution in [0.5, 0.6) is 0 Å². The average Bonchev–Trinajstić information content (AvgIpc) is 2.98. The average molecular weight is 645 g/mol. The Hall–Kier alpha value is -3.07. The minimum atomic E-state index is -4.14. The van der Waals surface area contributed by atoms with E-state index in [0.29, 0.717) is 21.3 Å². The molecule has 0 saturated heterocycles. The molecule has 0 spiro atoms. The van der Waals surface area contributed by atoms with E-state index >= 15 is 0 Å². The molecule has 7 nitrogen and oxygen atoms in total. The van der Waals surface area contributed by atoms with Gasteiger partial charge in [0.05, 0.1) is 20.6 Å². The zero-order valence-corrected chi connectivity index (χ0v) is 27.4. The number of sulfonamides is 1. The predicted octanol–water partition coefficient (Wildman–Crippen LogP) is 6.98. The smallest absolute Gasteiger partial charge is 0.264 e. The maximum Gasteiger partial charge on any atom is 0.264 e. The highest BCUT2D eigenvalue weighted by Gasteiger charge is 2.33. The highest BCUT2D eigenvalue weighted by atomic mass is 35.5. The van der Waals surface area contributed by atoms with E-state index in [2.05, 4.69) is 5.32 Å². The van der Waals surface area contributed by atoms with E-state index < -0.39 is 28.5 Å². The molecule has 43 heavy (non-hydrogen) atoms. The van der Waals surface area contributed by atoms with Gasteiger partial charge in [0.2, 0.25) is 11.8 Å². The van der Waals surface area contributed by atoms with Gasteiger partial charge in [-0.2, -0.15) is 0 Å². The molecule has 1 N–H and O–H groups in total. The second-order valence-electron chi connectivity index (χ2n) is 11.4. The molecule has 0 bridgehead atoms. The van der Waals surface area contributed by atoms with Crippen LogP contribution in [0.25, 0.3) is 0 Å². The molecule has 1 fully saturated rings. The van der Waals surface area contributed by atoms with Crippen LogP contribution < -0.4 is 9.62 Å². The zero-order chi connectivity index (χ0) is 31.3. The fraction of sp³-hybridized carbons (Fsp3) is 0.394. The van der Waals surface area contributed by atoms with Gasteiger partial charge in [-0.25, -0.2) is 8.42 Å². The van der Waals surface area contributed by atoms with E-state index in [4.69, 9.17) is 23.2 Å². The lowest BCUT2D eigenvalue weighted by molar-refractivity contribution is -0.139. The largest absolute Gasteiger partial charge is 0.352 e. The molecule has 3 aromatic carbocycles. The van der Waals surface area contributed by atoms with Gasteiger partial charge in [0, 0.05) is 12.6 Å². The number of nitrogens with zero attached hydrogens (tertiary/aromatic N) is 2. The Morgan fingerprint density at radius 2 is 1.56 bits per heavy atom. The Bertz CT molecular complexity index is 1570. The number of nitrogens with one attached hydrogen (secondary N) is 1. The Morgan fingerprint density at radius 1 is 0.884 bits per heavy atom. The highest BCUT2D eigenvalue weighted by molar-refractivity contribution is 7.92. The summed E-state index contributed by atoms with van der Waals surface area (Å²) in [6.45, 7) is 6.92. The molecule has 0 aliphatic heterocycles. The van der Waals surface area contributed by atoms with Gasteiger partial charge in [-0.05, 0) is 93.6 Å². The molecule has 10 heteroatoms. The van der Waals surface area contributed by atoms with Crippen molar-refractivity contribution in [3.63, 3.8) is 0 Å². The third kappa shape index (κ3) is 8.11. The number of halogens is 2. The van der Waals surface area contributed by atoms with Crippen molar-refractivity contribution in [3.8, 4) is 0 Å². The molecule has 4 rings (SSSR count). The Balaban J connectivity index is 1.71. The molecule has 2 amide bonds. The summed E-state index contributed by atoms with van der Waals surface area (Å²) in [6, 6.07) is 16.0. The number of anilines is 1. The minimum absolute atomic E-state index is 0.0420. The third-order valence-electron chi connectivity index (χ3n) is 8.12. The minimum Gasteiger partial charge on any atom is -0.352 e. The number of carbonyl (C=O) groups is 2. The number of rotatable bonds is 10. The number of amides is 2. The second-order valence-corrected chi connectivity index (χ2v) is 14.1. The van der Waals surface area contributed by atoms with Gasteiger partial charge in [-0.1, -0.05) is 72.3 Å². The van der Waals surface area contributed by atoms with E-state index in [-0.39, 0.29) is 23.4 Å². The molecule has 0 aromatic heterocycles. The molecule has 1 saturated carbocycles. The fourth-order valence-corrected chi connectivity index (χ4v) is 6.96. The van der Waals surface area contributed by atoms with Crippen LogP contribution in [0.15, 0.2) is 65.6 Å². The summed E-state index contributed by atoms with van der Waals surface area (Å²) in [4.78, 5) is 29.1. The summed E-state index contributed by atoms with van der Waals surface area (Å²) in [7, 11) is -4.14. The van der Waals surface area contributed by atoms with Crippen molar-refractivity contribution in [1.29, 1.82) is 0 Å². The molecule has 230 valence electrons. The maximum absolute atomic E-state index is 14.2. The van der Waals surface area contributed by atoms with Crippen molar-refractivity contribution >= 4 is 50.7 Å². The van der Waals surface area contributed by atoms with Crippen molar-refractivity contribution in [1.82, 2.24) is 10.2 Å². The van der Waals surface area contributed by atoms with Gasteiger partial charge in [-0.15, -0.1) is 0 Å². The molecule has 1 atom stereocenters. The normalized spacial score (nSPS) is 14.7. The first-order valence-electron chi connectivity index (χ1n) is 14.6. The highest BCUT2D eigenvalue weighted by Crippen LogP contribution is 2.28. The van der Waals surface area contributed by atoms with Crippen LogP contribution in [-0.4, -0.2) is 43.8 Å². The molecular formula is C33H39Cl2N3O4S. The zero-order valence-electron chi connectivity index (χ0n) is 25.1. The number of aryl methyl sites for hydroxylation is 3. The Labute approximate surface area is 265 Å². The van der Waals surface area contributed by atoms with Crippen LogP contribution in [0, 0.1) is 20.8 Å². The summed E-state index contributed by atoms with van der Waals surface area (Å²) in [5.41, 5.74) is 3.84. The monoisotopic (exact) mass is 643 g/mol. The number of hydrogen-bond donors (Lipinski definition) is 1. The topological polar surface area (TPSA) is 86.8 Å². The molecule has 0 unspecified atom stereocenters. The first-order valence-corrected chi connectivity index (χ1v) is 16.8. The maximum atomic E-state index is 14.2. The summed E-state index contributed by atoms with van der Waals surface area (Å²) in [5.74, 6) is -0.800. The van der Waals surface area contributed by atoms with E-state index in [1.165, 1.54) is 17.0 Å². The van der Waals surface area contributed by atoms with Crippen LogP contribution >= 0.6 is 23.2 Å². The summed E-state index contributed by atoms with van der Waals surface area (Å²) >= 11 is 12.4. The number of carbonyl (C=O) groups excluding carboxylic acids is 2. The molecule has 0 heterocycles. The van der Waals surface area contributed by atoms with Gasteiger partial charge >= 0.3 is 0 Å². The van der Waals surface area contributed by atoms with Gasteiger partial charge < -0.3 is 10.2 Å². The lowest BCUT2D eigenvalue weighted by Crippen LogP contribution is -2.53. The second kappa shape index (κ2) is 14.1. The summed E-state index contributed by atoms with van der Waals surface area (Å²) in [5, 5.41) is 3.80. The van der Waals surface area contributed by atoms with Crippen molar-refractivity contribution in [3.05, 3.63) is 93.0 Å². The Kier molecular flexibility index (Phi) is 10.8. The van der Waals surface area contributed by atoms with Crippen LogP contribution in [-0.2, 0) is 26.2 Å². The van der Waals surface area contributed by atoms with Crippen molar-refractivity contribution in [2.24, 2.45) is 0 Å². The molecule has 1 aliphatic rings. The SMILES string of the molecule is Cc1ccc(S(=O)(=O)N(CC(=O)N(Cc2ccc(Cl)c(Cl)c2)[C@H](C)C(=O)NC2CCCCC2)c2ccc(C)c(C)c2)cc1. The first-order chi connectivity index (χ1) is 20.4. The van der Waals surface area contributed by atoms with Crippen LogP contribution in [0.1, 0.15) is 61.3 Å². The van der Waals surface area contributed by atoms with Gasteiger partial charge in [-0.3, -0.25) is 13.9 Å². The third-order valence-corrected chi connectivity index (χ3v) is 10.6. The summed E-state index contributed by atoms with van der Waals surface area (Å²) < 4.78 is 29.2. The fourth-order valence-electron chi connectivity index (χ4n) is 5.23. The Morgan fingerprint density at radius 3 is 2.19 bits per heavy atom.